The van der Waals surface area contributed by atoms with Gasteiger partial charge in [-0.05, 0) is 5.53 Å². The first kappa shape index (κ1) is 13.8. The molecule has 0 bridgehead atoms. The van der Waals surface area contributed by atoms with Crippen molar-refractivity contribution in [3.63, 3.8) is 0 Å². The Morgan fingerprint density at radius 3 is 3.29 bits per heavy atom. The standard InChI is InChI=1S/C11H14N6O4/c12-16-14-7-3-9(21-8(7)5-18)17-4-6-1-2-20-15-10(6)13-11(17)19/h4,7-9,18H,1-3,5H2,(H,13,15,19)/t7-,8+,9+/m0/s1. The minimum atomic E-state index is -0.615. The second-order valence-corrected chi connectivity index (χ2v) is 4.82. The van der Waals surface area contributed by atoms with Crippen molar-refractivity contribution in [3.8, 4) is 0 Å². The van der Waals surface area contributed by atoms with E-state index in [0.717, 1.165) is 5.56 Å². The fourth-order valence-electron chi connectivity index (χ4n) is 2.51. The van der Waals surface area contributed by atoms with Gasteiger partial charge in [0.15, 0.2) is 5.82 Å². The molecule has 1 saturated heterocycles. The zero-order valence-corrected chi connectivity index (χ0v) is 11.0. The van der Waals surface area contributed by atoms with Gasteiger partial charge in [-0.2, -0.15) is 4.98 Å². The normalized spacial score (nSPS) is 27.6. The van der Waals surface area contributed by atoms with Gasteiger partial charge in [-0.1, -0.05) is 5.11 Å². The van der Waals surface area contributed by atoms with Crippen molar-refractivity contribution in [2.75, 3.05) is 18.7 Å². The SMILES string of the molecule is [N-]=[N+]=N[C@H]1C[C@H](n2cc3c(nc2=O)NOCC3)O[C@@H]1CO. The number of anilines is 1. The fourth-order valence-corrected chi connectivity index (χ4v) is 2.51. The maximum atomic E-state index is 12.0. The van der Waals surface area contributed by atoms with Gasteiger partial charge in [0.2, 0.25) is 0 Å². The Kier molecular flexibility index (Phi) is 3.76. The maximum Gasteiger partial charge on any atom is 0.351 e. The van der Waals surface area contributed by atoms with Gasteiger partial charge in [-0.3, -0.25) is 9.40 Å². The Labute approximate surface area is 118 Å². The van der Waals surface area contributed by atoms with E-state index < -0.39 is 24.1 Å². The molecule has 0 aliphatic carbocycles. The number of hydrogen-bond donors (Lipinski definition) is 2. The van der Waals surface area contributed by atoms with Crippen LogP contribution < -0.4 is 11.2 Å². The Hall–Kier alpha value is -2.13. The molecule has 0 unspecified atom stereocenters. The van der Waals surface area contributed by atoms with Crippen LogP contribution in [0.3, 0.4) is 0 Å². The van der Waals surface area contributed by atoms with Crippen molar-refractivity contribution in [1.29, 1.82) is 0 Å². The first-order valence-corrected chi connectivity index (χ1v) is 6.53. The number of aliphatic hydroxyl groups excluding tert-OH is 1. The summed E-state index contributed by atoms with van der Waals surface area (Å²) in [5.41, 5.74) is 11.5. The van der Waals surface area contributed by atoms with Crippen LogP contribution in [0.4, 0.5) is 5.82 Å². The molecule has 1 aromatic rings. The number of ether oxygens (including phenoxy) is 1. The molecule has 10 heteroatoms. The maximum absolute atomic E-state index is 12.0. The molecule has 1 fully saturated rings. The summed E-state index contributed by atoms with van der Waals surface area (Å²) in [6.45, 7) is 0.210. The fraction of sp³-hybridized carbons (Fsp3) is 0.636. The van der Waals surface area contributed by atoms with E-state index in [1.807, 2.05) is 0 Å². The van der Waals surface area contributed by atoms with Crippen LogP contribution in [0.1, 0.15) is 18.2 Å². The number of nitrogens with one attached hydrogen (secondary N) is 1. The van der Waals surface area contributed by atoms with Crippen molar-refractivity contribution in [2.45, 2.75) is 31.2 Å². The molecule has 10 nitrogen and oxygen atoms in total. The summed E-state index contributed by atoms with van der Waals surface area (Å²) < 4.78 is 6.95. The monoisotopic (exact) mass is 294 g/mol. The van der Waals surface area contributed by atoms with Gasteiger partial charge < -0.3 is 9.84 Å². The van der Waals surface area contributed by atoms with Crippen LogP contribution in [0.2, 0.25) is 0 Å². The lowest BCUT2D eigenvalue weighted by molar-refractivity contribution is -0.0272. The number of hydrogen-bond acceptors (Lipinski definition) is 7. The molecule has 0 saturated carbocycles. The number of azide groups is 1. The summed E-state index contributed by atoms with van der Waals surface area (Å²) in [5, 5.41) is 12.8. The zero-order valence-electron chi connectivity index (χ0n) is 11.0. The number of aromatic nitrogens is 2. The third-order valence-corrected chi connectivity index (χ3v) is 3.56. The Balaban J connectivity index is 1.90. The van der Waals surface area contributed by atoms with Crippen molar-refractivity contribution in [3.05, 3.63) is 32.7 Å². The minimum Gasteiger partial charge on any atom is -0.394 e. The lowest BCUT2D eigenvalue weighted by Gasteiger charge is -2.20. The van der Waals surface area contributed by atoms with Gasteiger partial charge in [-0.25, -0.2) is 10.3 Å². The van der Waals surface area contributed by atoms with Crippen LogP contribution in [0.25, 0.3) is 10.4 Å². The molecule has 3 heterocycles. The average Bonchev–Trinajstić information content (AvgIpc) is 2.90. The van der Waals surface area contributed by atoms with Crippen LogP contribution >= 0.6 is 0 Å². The minimum absolute atomic E-state index is 0.275. The highest BCUT2D eigenvalue weighted by Crippen LogP contribution is 2.30. The summed E-state index contributed by atoms with van der Waals surface area (Å²) in [6.07, 6.45) is 1.39. The summed E-state index contributed by atoms with van der Waals surface area (Å²) in [6, 6.07) is -0.505. The topological polar surface area (TPSA) is 134 Å². The van der Waals surface area contributed by atoms with E-state index in [2.05, 4.69) is 20.5 Å². The van der Waals surface area contributed by atoms with E-state index in [9.17, 15) is 9.90 Å². The molecule has 0 radical (unpaired) electrons. The predicted molar refractivity (Wildman–Crippen MR) is 70.3 cm³/mol. The number of aliphatic hydroxyl groups is 1. The van der Waals surface area contributed by atoms with Crippen LogP contribution in [0.5, 0.6) is 0 Å². The van der Waals surface area contributed by atoms with Crippen LogP contribution in [-0.2, 0) is 16.0 Å². The Morgan fingerprint density at radius 2 is 2.52 bits per heavy atom. The lowest BCUT2D eigenvalue weighted by Crippen LogP contribution is -2.31. The molecule has 2 aliphatic rings. The molecule has 2 aliphatic heterocycles. The van der Waals surface area contributed by atoms with E-state index in [-0.39, 0.29) is 6.61 Å². The third-order valence-electron chi connectivity index (χ3n) is 3.56. The van der Waals surface area contributed by atoms with Gasteiger partial charge in [0, 0.05) is 29.5 Å². The zero-order chi connectivity index (χ0) is 14.8. The second-order valence-electron chi connectivity index (χ2n) is 4.82. The molecule has 3 rings (SSSR count). The van der Waals surface area contributed by atoms with Gasteiger partial charge in [0.25, 0.3) is 0 Å². The molecule has 21 heavy (non-hydrogen) atoms. The number of fused-ring (bicyclic) bond motifs is 1. The molecule has 112 valence electrons. The molecule has 0 aromatic carbocycles. The molecular weight excluding hydrogens is 280 g/mol. The largest absolute Gasteiger partial charge is 0.394 e. The van der Waals surface area contributed by atoms with Crippen LogP contribution in [0, 0.1) is 0 Å². The predicted octanol–water partition coefficient (Wildman–Crippen LogP) is 0.102. The van der Waals surface area contributed by atoms with Gasteiger partial charge in [0.1, 0.15) is 6.23 Å². The molecule has 3 atom stereocenters. The van der Waals surface area contributed by atoms with Crippen molar-refractivity contribution in [2.24, 2.45) is 5.11 Å². The molecular formula is C11H14N6O4. The lowest BCUT2D eigenvalue weighted by atomic mass is 10.1. The first-order chi connectivity index (χ1) is 10.2. The van der Waals surface area contributed by atoms with Gasteiger partial charge in [-0.15, -0.1) is 0 Å². The van der Waals surface area contributed by atoms with E-state index in [4.69, 9.17) is 15.1 Å². The molecule has 1 aromatic heterocycles. The highest BCUT2D eigenvalue weighted by molar-refractivity contribution is 5.41. The van der Waals surface area contributed by atoms with Crippen LogP contribution in [0.15, 0.2) is 16.1 Å². The first-order valence-electron chi connectivity index (χ1n) is 6.53. The van der Waals surface area contributed by atoms with Crippen LogP contribution in [-0.4, -0.2) is 40.0 Å². The summed E-state index contributed by atoms with van der Waals surface area (Å²) in [7, 11) is 0. The third kappa shape index (κ3) is 2.57. The van der Waals surface area contributed by atoms with Crippen molar-refractivity contribution in [1.82, 2.24) is 9.55 Å². The van der Waals surface area contributed by atoms with Gasteiger partial charge in [0.05, 0.1) is 25.4 Å². The van der Waals surface area contributed by atoms with Crippen molar-refractivity contribution < 1.29 is 14.7 Å². The second kappa shape index (κ2) is 5.70. The van der Waals surface area contributed by atoms with Crippen molar-refractivity contribution >= 4 is 5.82 Å². The number of rotatable bonds is 3. The summed E-state index contributed by atoms with van der Waals surface area (Å²) in [5.74, 6) is 0.408. The molecule has 0 amide bonds. The summed E-state index contributed by atoms with van der Waals surface area (Å²) >= 11 is 0. The average molecular weight is 294 g/mol. The van der Waals surface area contributed by atoms with E-state index in [1.54, 1.807) is 6.20 Å². The Morgan fingerprint density at radius 1 is 1.67 bits per heavy atom. The quantitative estimate of drug-likeness (QED) is 0.461. The van der Waals surface area contributed by atoms with Gasteiger partial charge >= 0.3 is 5.69 Å². The van der Waals surface area contributed by atoms with E-state index in [0.29, 0.717) is 25.3 Å². The Bertz CT molecular complexity index is 640. The molecule has 0 spiro atoms. The smallest absolute Gasteiger partial charge is 0.351 e. The highest BCUT2D eigenvalue weighted by Gasteiger charge is 2.36. The molecule has 2 N–H and O–H groups in total. The van der Waals surface area contributed by atoms with E-state index >= 15 is 0 Å². The summed E-state index contributed by atoms with van der Waals surface area (Å²) in [4.78, 5) is 23.7. The van der Waals surface area contributed by atoms with E-state index in [1.165, 1.54) is 4.57 Å². The number of nitrogens with zero attached hydrogens (tertiary/aromatic N) is 5. The highest BCUT2D eigenvalue weighted by atomic mass is 16.6.